The van der Waals surface area contributed by atoms with Crippen LogP contribution in [0.2, 0.25) is 0 Å². The molecule has 0 aromatic carbocycles. The van der Waals surface area contributed by atoms with Crippen molar-refractivity contribution in [2.75, 3.05) is 19.6 Å². The highest BCUT2D eigenvalue weighted by molar-refractivity contribution is 6.03. The SMILES string of the molecule is CCCNC(=O)CN(CCC)C(=O)/C(C#N)=C\c1cc(C)n(CC(C)C)c1C. The van der Waals surface area contributed by atoms with Gasteiger partial charge in [0.1, 0.15) is 11.6 Å². The highest BCUT2D eigenvalue weighted by Gasteiger charge is 2.21. The van der Waals surface area contributed by atoms with Gasteiger partial charge in [0.15, 0.2) is 0 Å². The van der Waals surface area contributed by atoms with Gasteiger partial charge in [-0.2, -0.15) is 5.26 Å². The largest absolute Gasteiger partial charge is 0.355 e. The van der Waals surface area contributed by atoms with Gasteiger partial charge in [-0.15, -0.1) is 0 Å². The molecule has 0 fully saturated rings. The van der Waals surface area contributed by atoms with Gasteiger partial charge in [-0.25, -0.2) is 0 Å². The summed E-state index contributed by atoms with van der Waals surface area (Å²) in [5.74, 6) is -0.0962. The zero-order valence-corrected chi connectivity index (χ0v) is 18.1. The summed E-state index contributed by atoms with van der Waals surface area (Å²) in [4.78, 5) is 26.4. The fourth-order valence-corrected chi connectivity index (χ4v) is 3.10. The Morgan fingerprint density at radius 3 is 2.50 bits per heavy atom. The molecular formula is C22H34N4O2. The van der Waals surface area contributed by atoms with E-state index in [0.717, 1.165) is 29.9 Å². The lowest BCUT2D eigenvalue weighted by Crippen LogP contribution is -2.41. The van der Waals surface area contributed by atoms with Gasteiger partial charge >= 0.3 is 0 Å². The summed E-state index contributed by atoms with van der Waals surface area (Å²) in [6, 6.07) is 4.03. The first-order valence-corrected chi connectivity index (χ1v) is 10.1. The first-order valence-electron chi connectivity index (χ1n) is 10.1. The molecule has 154 valence electrons. The minimum atomic E-state index is -0.398. The first-order chi connectivity index (χ1) is 13.2. The molecule has 1 aromatic rings. The summed E-state index contributed by atoms with van der Waals surface area (Å²) in [6.45, 7) is 14.1. The van der Waals surface area contributed by atoms with Crippen molar-refractivity contribution in [3.05, 3.63) is 28.6 Å². The molecular weight excluding hydrogens is 352 g/mol. The van der Waals surface area contributed by atoms with Gasteiger partial charge in [-0.1, -0.05) is 27.7 Å². The number of amides is 2. The van der Waals surface area contributed by atoms with Crippen LogP contribution >= 0.6 is 0 Å². The van der Waals surface area contributed by atoms with Crippen molar-refractivity contribution in [2.45, 2.75) is 60.9 Å². The summed E-state index contributed by atoms with van der Waals surface area (Å²) in [7, 11) is 0. The Bertz CT molecular complexity index is 753. The van der Waals surface area contributed by atoms with Gasteiger partial charge in [0.05, 0.1) is 6.54 Å². The molecule has 0 saturated heterocycles. The lowest BCUT2D eigenvalue weighted by atomic mass is 10.1. The van der Waals surface area contributed by atoms with E-state index >= 15 is 0 Å². The van der Waals surface area contributed by atoms with E-state index in [1.165, 1.54) is 4.90 Å². The van der Waals surface area contributed by atoms with Gasteiger partial charge in [-0.05, 0) is 50.3 Å². The molecule has 0 radical (unpaired) electrons. The van der Waals surface area contributed by atoms with Crippen LogP contribution in [-0.4, -0.2) is 40.9 Å². The molecule has 0 atom stereocenters. The van der Waals surface area contributed by atoms with Crippen LogP contribution in [0.5, 0.6) is 0 Å². The normalized spacial score (nSPS) is 11.4. The van der Waals surface area contributed by atoms with Crippen molar-refractivity contribution < 1.29 is 9.59 Å². The standard InChI is InChI=1S/C22H34N4O2/c1-7-9-24-21(27)15-25(10-8-2)22(28)20(13-23)12-19-11-17(5)26(18(19)6)14-16(3)4/h11-12,16H,7-10,14-15H2,1-6H3,(H,24,27)/b20-12-. The Labute approximate surface area is 169 Å². The number of nitrogens with zero attached hydrogens (tertiary/aromatic N) is 3. The van der Waals surface area contributed by atoms with E-state index in [0.29, 0.717) is 25.4 Å². The van der Waals surface area contributed by atoms with Crippen LogP contribution in [0, 0.1) is 31.1 Å². The maximum atomic E-state index is 12.9. The first kappa shape index (κ1) is 23.5. The van der Waals surface area contributed by atoms with Crippen LogP contribution in [0.4, 0.5) is 0 Å². The fraction of sp³-hybridized carbons (Fsp3) is 0.591. The van der Waals surface area contributed by atoms with Gasteiger partial charge < -0.3 is 14.8 Å². The fourth-order valence-electron chi connectivity index (χ4n) is 3.10. The molecule has 0 aliphatic heterocycles. The highest BCUT2D eigenvalue weighted by atomic mass is 16.2. The maximum absolute atomic E-state index is 12.9. The predicted octanol–water partition coefficient (Wildman–Crippen LogP) is 3.43. The minimum absolute atomic E-state index is 0.0297. The third-order valence-electron chi connectivity index (χ3n) is 4.50. The van der Waals surface area contributed by atoms with E-state index < -0.39 is 5.91 Å². The van der Waals surface area contributed by atoms with Crippen molar-refractivity contribution in [1.29, 1.82) is 5.26 Å². The molecule has 1 aromatic heterocycles. The highest BCUT2D eigenvalue weighted by Crippen LogP contribution is 2.20. The van der Waals surface area contributed by atoms with Crippen LogP contribution in [0.1, 0.15) is 57.5 Å². The number of aryl methyl sites for hydroxylation is 1. The molecule has 0 aliphatic carbocycles. The smallest absolute Gasteiger partial charge is 0.264 e. The summed E-state index contributed by atoms with van der Waals surface area (Å²) in [5, 5.41) is 12.4. The Morgan fingerprint density at radius 1 is 1.29 bits per heavy atom. The Morgan fingerprint density at radius 2 is 1.96 bits per heavy atom. The summed E-state index contributed by atoms with van der Waals surface area (Å²) >= 11 is 0. The van der Waals surface area contributed by atoms with Gasteiger partial charge in [0, 0.05) is 31.0 Å². The number of hydrogen-bond donors (Lipinski definition) is 1. The van der Waals surface area contributed by atoms with Gasteiger partial charge in [0.2, 0.25) is 5.91 Å². The zero-order chi connectivity index (χ0) is 21.3. The molecule has 0 unspecified atom stereocenters. The molecule has 2 amide bonds. The molecule has 0 bridgehead atoms. The molecule has 1 rings (SSSR count). The number of nitriles is 1. The number of nitrogens with one attached hydrogen (secondary N) is 1. The van der Waals surface area contributed by atoms with E-state index in [1.807, 2.05) is 39.8 Å². The van der Waals surface area contributed by atoms with E-state index in [1.54, 1.807) is 6.08 Å². The molecule has 1 heterocycles. The monoisotopic (exact) mass is 386 g/mol. The maximum Gasteiger partial charge on any atom is 0.264 e. The Balaban J connectivity index is 3.11. The average Bonchev–Trinajstić information content (AvgIpc) is 2.90. The second kappa shape index (κ2) is 11.3. The van der Waals surface area contributed by atoms with Crippen LogP contribution in [0.15, 0.2) is 11.6 Å². The molecule has 6 heteroatoms. The summed E-state index contributed by atoms with van der Waals surface area (Å²) in [6.07, 6.45) is 3.20. The van der Waals surface area contributed by atoms with Gasteiger partial charge in [-0.3, -0.25) is 9.59 Å². The van der Waals surface area contributed by atoms with E-state index in [4.69, 9.17) is 0 Å². The predicted molar refractivity (Wildman–Crippen MR) is 113 cm³/mol. The second-order valence-electron chi connectivity index (χ2n) is 7.58. The number of carbonyl (C=O) groups is 2. The van der Waals surface area contributed by atoms with E-state index in [9.17, 15) is 14.9 Å². The van der Waals surface area contributed by atoms with Crippen LogP contribution in [0.25, 0.3) is 6.08 Å². The molecule has 6 nitrogen and oxygen atoms in total. The van der Waals surface area contributed by atoms with Crippen LogP contribution < -0.4 is 5.32 Å². The Kier molecular flexibility index (Phi) is 9.50. The lowest BCUT2D eigenvalue weighted by molar-refractivity contribution is -0.132. The quantitative estimate of drug-likeness (QED) is 0.494. The zero-order valence-electron chi connectivity index (χ0n) is 18.1. The summed E-state index contributed by atoms with van der Waals surface area (Å²) < 4.78 is 2.21. The van der Waals surface area contributed by atoms with E-state index in [-0.39, 0.29) is 18.0 Å². The topological polar surface area (TPSA) is 78.1 Å². The molecule has 1 N–H and O–H groups in total. The van der Waals surface area contributed by atoms with Gasteiger partial charge in [0.25, 0.3) is 5.91 Å². The van der Waals surface area contributed by atoms with Crippen molar-refractivity contribution in [2.24, 2.45) is 5.92 Å². The average molecular weight is 387 g/mol. The third kappa shape index (κ3) is 6.56. The second-order valence-corrected chi connectivity index (χ2v) is 7.58. The summed E-state index contributed by atoms with van der Waals surface area (Å²) in [5.41, 5.74) is 3.07. The van der Waals surface area contributed by atoms with Crippen molar-refractivity contribution >= 4 is 17.9 Å². The van der Waals surface area contributed by atoms with Crippen molar-refractivity contribution in [3.8, 4) is 6.07 Å². The molecule has 28 heavy (non-hydrogen) atoms. The third-order valence-corrected chi connectivity index (χ3v) is 4.50. The van der Waals surface area contributed by atoms with E-state index in [2.05, 4.69) is 23.7 Å². The molecule has 0 spiro atoms. The van der Waals surface area contributed by atoms with Crippen LogP contribution in [0.3, 0.4) is 0 Å². The number of carbonyl (C=O) groups excluding carboxylic acids is 2. The van der Waals surface area contributed by atoms with Crippen LogP contribution in [-0.2, 0) is 16.1 Å². The molecule has 0 saturated carbocycles. The van der Waals surface area contributed by atoms with Crippen molar-refractivity contribution in [1.82, 2.24) is 14.8 Å². The number of hydrogen-bond acceptors (Lipinski definition) is 3. The lowest BCUT2D eigenvalue weighted by Gasteiger charge is -2.21. The van der Waals surface area contributed by atoms with Crippen molar-refractivity contribution in [3.63, 3.8) is 0 Å². The minimum Gasteiger partial charge on any atom is -0.355 e. The number of rotatable bonds is 10. The molecule has 0 aliphatic rings. The number of aromatic nitrogens is 1. The Hall–Kier alpha value is -2.55.